The van der Waals surface area contributed by atoms with Crippen LogP contribution in [0.4, 0.5) is 0 Å². The summed E-state index contributed by atoms with van der Waals surface area (Å²) in [5.74, 6) is 2.65. The lowest BCUT2D eigenvalue weighted by Gasteiger charge is -2.57. The molecule has 1 N–H and O–H groups in total. The van der Waals surface area contributed by atoms with Gasteiger partial charge in [-0.3, -0.25) is 9.59 Å². The Hall–Kier alpha value is -2.04. The molecular formula is C22H29NO4. The third kappa shape index (κ3) is 3.69. The number of carbonyl (C=O) groups is 2. The van der Waals surface area contributed by atoms with Crippen molar-refractivity contribution in [2.75, 3.05) is 13.7 Å². The molecule has 0 saturated heterocycles. The van der Waals surface area contributed by atoms with Crippen LogP contribution in [0.2, 0.25) is 0 Å². The first-order valence-corrected chi connectivity index (χ1v) is 10.1. The van der Waals surface area contributed by atoms with Gasteiger partial charge < -0.3 is 14.8 Å². The van der Waals surface area contributed by atoms with E-state index in [1.165, 1.54) is 51.2 Å². The molecule has 0 aliphatic heterocycles. The monoisotopic (exact) mass is 371 g/mol. The normalized spacial score (nSPS) is 32.0. The molecule has 0 radical (unpaired) electrons. The molecule has 1 aromatic carbocycles. The second kappa shape index (κ2) is 7.17. The van der Waals surface area contributed by atoms with Crippen LogP contribution >= 0.6 is 0 Å². The van der Waals surface area contributed by atoms with Crippen LogP contribution in [0.5, 0.6) is 5.75 Å². The summed E-state index contributed by atoms with van der Waals surface area (Å²) >= 11 is 0. The van der Waals surface area contributed by atoms with Crippen molar-refractivity contribution < 1.29 is 19.1 Å². The summed E-state index contributed by atoms with van der Waals surface area (Å²) in [6, 6.07) is 8.36. The largest absolute Gasteiger partial charge is 0.481 e. The number of benzene rings is 1. The zero-order chi connectivity index (χ0) is 19.0. The van der Waals surface area contributed by atoms with Crippen molar-refractivity contribution in [1.82, 2.24) is 5.32 Å². The quantitative estimate of drug-likeness (QED) is 0.780. The first-order chi connectivity index (χ1) is 13.0. The molecule has 1 amide bonds. The average Bonchev–Trinajstić information content (AvgIpc) is 2.65. The fourth-order valence-corrected chi connectivity index (χ4v) is 5.98. The number of ether oxygens (including phenoxy) is 2. The van der Waals surface area contributed by atoms with Crippen LogP contribution in [0.15, 0.2) is 24.3 Å². The maximum absolute atomic E-state index is 12.0. The number of carbonyl (C=O) groups excluding carboxylic acids is 2. The van der Waals surface area contributed by atoms with Crippen molar-refractivity contribution in [3.05, 3.63) is 29.8 Å². The molecule has 5 heteroatoms. The van der Waals surface area contributed by atoms with Crippen molar-refractivity contribution in [2.45, 2.75) is 57.0 Å². The Morgan fingerprint density at radius 3 is 2.15 bits per heavy atom. The van der Waals surface area contributed by atoms with E-state index in [1.807, 2.05) is 12.1 Å². The van der Waals surface area contributed by atoms with E-state index in [9.17, 15) is 9.59 Å². The predicted molar refractivity (Wildman–Crippen MR) is 101 cm³/mol. The Labute approximate surface area is 160 Å². The number of esters is 1. The summed E-state index contributed by atoms with van der Waals surface area (Å²) in [4.78, 5) is 23.1. The molecule has 1 atom stereocenters. The summed E-state index contributed by atoms with van der Waals surface area (Å²) in [5, 5.41) is 2.52. The van der Waals surface area contributed by atoms with E-state index >= 15 is 0 Å². The van der Waals surface area contributed by atoms with E-state index in [2.05, 4.69) is 22.2 Å². The van der Waals surface area contributed by atoms with E-state index in [1.54, 1.807) is 6.92 Å². The van der Waals surface area contributed by atoms with Gasteiger partial charge in [0.15, 0.2) is 6.10 Å². The molecule has 4 aliphatic rings. The standard InChI is InChI=1S/C22H29NO4/c1-14(21(25)23-13-20(24)26-2)27-19-5-3-18(4-6-19)22-10-15-7-16(11-22)9-17(8-15)12-22/h3-6,14-17H,7-13H2,1-2H3,(H,23,25). The second-order valence-electron chi connectivity index (χ2n) is 8.78. The lowest BCUT2D eigenvalue weighted by Crippen LogP contribution is -2.48. The Morgan fingerprint density at radius 1 is 1.07 bits per heavy atom. The van der Waals surface area contributed by atoms with E-state index in [-0.39, 0.29) is 12.5 Å². The van der Waals surface area contributed by atoms with Gasteiger partial charge in [0, 0.05) is 0 Å². The minimum atomic E-state index is -0.667. The zero-order valence-electron chi connectivity index (χ0n) is 16.2. The molecule has 4 saturated carbocycles. The SMILES string of the molecule is COC(=O)CNC(=O)C(C)Oc1ccc(C23CC4CC(CC(C4)C2)C3)cc1. The lowest BCUT2D eigenvalue weighted by molar-refractivity contribution is -0.141. The van der Waals surface area contributed by atoms with Crippen molar-refractivity contribution in [1.29, 1.82) is 0 Å². The number of amides is 1. The van der Waals surface area contributed by atoms with Crippen molar-refractivity contribution >= 4 is 11.9 Å². The fraction of sp³-hybridized carbons (Fsp3) is 0.636. The summed E-state index contributed by atoms with van der Waals surface area (Å²) < 4.78 is 10.3. The Morgan fingerprint density at radius 2 is 1.63 bits per heavy atom. The van der Waals surface area contributed by atoms with Crippen LogP contribution in [0.3, 0.4) is 0 Å². The molecule has 5 nitrogen and oxygen atoms in total. The molecule has 0 heterocycles. The highest BCUT2D eigenvalue weighted by Gasteiger charge is 2.51. The van der Waals surface area contributed by atoms with E-state index in [0.717, 1.165) is 17.8 Å². The van der Waals surface area contributed by atoms with Gasteiger partial charge in [-0.1, -0.05) is 12.1 Å². The number of hydrogen-bond donors (Lipinski definition) is 1. The highest BCUT2D eigenvalue weighted by atomic mass is 16.5. The van der Waals surface area contributed by atoms with Gasteiger partial charge in [-0.15, -0.1) is 0 Å². The Kier molecular flexibility index (Phi) is 4.87. The van der Waals surface area contributed by atoms with Crippen molar-refractivity contribution in [3.8, 4) is 5.75 Å². The number of hydrogen-bond acceptors (Lipinski definition) is 4. The maximum Gasteiger partial charge on any atom is 0.325 e. The molecule has 27 heavy (non-hydrogen) atoms. The molecule has 0 aromatic heterocycles. The summed E-state index contributed by atoms with van der Waals surface area (Å²) in [7, 11) is 1.29. The number of nitrogens with one attached hydrogen (secondary N) is 1. The summed E-state index contributed by atoms with van der Waals surface area (Å²) in [5.41, 5.74) is 1.81. The van der Waals surface area contributed by atoms with Crippen molar-refractivity contribution in [3.63, 3.8) is 0 Å². The van der Waals surface area contributed by atoms with Gasteiger partial charge >= 0.3 is 5.97 Å². The van der Waals surface area contributed by atoms with Gasteiger partial charge in [0.05, 0.1) is 7.11 Å². The Bertz CT molecular complexity index is 676. The molecule has 5 rings (SSSR count). The second-order valence-corrected chi connectivity index (χ2v) is 8.78. The van der Waals surface area contributed by atoms with Gasteiger partial charge in [-0.25, -0.2) is 0 Å². The molecular weight excluding hydrogens is 342 g/mol. The molecule has 4 fully saturated rings. The van der Waals surface area contributed by atoms with Crippen LogP contribution in [-0.4, -0.2) is 31.6 Å². The smallest absolute Gasteiger partial charge is 0.325 e. The average molecular weight is 371 g/mol. The molecule has 0 spiro atoms. The van der Waals surface area contributed by atoms with E-state index < -0.39 is 12.1 Å². The van der Waals surface area contributed by atoms with Crippen LogP contribution in [0, 0.1) is 17.8 Å². The van der Waals surface area contributed by atoms with E-state index in [4.69, 9.17) is 4.74 Å². The first kappa shape index (κ1) is 18.3. The van der Waals surface area contributed by atoms with Gasteiger partial charge in [-0.05, 0) is 86.3 Å². The predicted octanol–water partition coefficient (Wildman–Crippen LogP) is 3.21. The van der Waals surface area contributed by atoms with Crippen molar-refractivity contribution in [2.24, 2.45) is 17.8 Å². The maximum atomic E-state index is 12.0. The van der Waals surface area contributed by atoms with Crippen LogP contribution in [0.25, 0.3) is 0 Å². The summed E-state index contributed by atoms with van der Waals surface area (Å²) in [6.07, 6.45) is 7.68. The highest BCUT2D eigenvalue weighted by molar-refractivity contribution is 5.84. The summed E-state index contributed by atoms with van der Waals surface area (Å²) in [6.45, 7) is 1.54. The molecule has 146 valence electrons. The minimum absolute atomic E-state index is 0.145. The number of methoxy groups -OCH3 is 1. The first-order valence-electron chi connectivity index (χ1n) is 10.1. The third-order valence-corrected chi connectivity index (χ3v) is 6.82. The van der Waals surface area contributed by atoms with E-state index in [0.29, 0.717) is 11.2 Å². The van der Waals surface area contributed by atoms with Gasteiger partial charge in [0.2, 0.25) is 0 Å². The van der Waals surface area contributed by atoms with Crippen LogP contribution < -0.4 is 10.1 Å². The Balaban J connectivity index is 1.38. The van der Waals surface area contributed by atoms with Gasteiger partial charge in [-0.2, -0.15) is 0 Å². The molecule has 4 aliphatic carbocycles. The van der Waals surface area contributed by atoms with Crippen LogP contribution in [0.1, 0.15) is 51.0 Å². The molecule has 1 aromatic rings. The van der Waals surface area contributed by atoms with Crippen LogP contribution in [-0.2, 0) is 19.7 Å². The zero-order valence-corrected chi connectivity index (χ0v) is 16.2. The van der Waals surface area contributed by atoms with Gasteiger partial charge in [0.25, 0.3) is 5.91 Å². The molecule has 4 bridgehead atoms. The minimum Gasteiger partial charge on any atom is -0.481 e. The lowest BCUT2D eigenvalue weighted by atomic mass is 9.48. The third-order valence-electron chi connectivity index (χ3n) is 6.82. The highest BCUT2D eigenvalue weighted by Crippen LogP contribution is 2.60. The van der Waals surface area contributed by atoms with Gasteiger partial charge in [0.1, 0.15) is 12.3 Å². The topological polar surface area (TPSA) is 64.6 Å². The fourth-order valence-electron chi connectivity index (χ4n) is 5.98. The molecule has 1 unspecified atom stereocenters. The number of rotatable bonds is 6.